The number of ether oxygens (including phenoxy) is 1. The standard InChI is InChI=1S/C34H23N3O3/c38-34-29-13-4-5-14-30(29)36-33(32-20-25-9-2-6-15-31(25)40-32)37(34)35-21-23-16-18-27(19-17-23)39-22-26-11-7-10-24-8-1-3-12-28(24)26/h1-21H,22H2. The first-order chi connectivity index (χ1) is 19.7. The maximum atomic E-state index is 13.5. The van der Waals surface area contributed by atoms with E-state index in [0.29, 0.717) is 29.1 Å². The molecule has 7 rings (SSSR count). The number of para-hydroxylation sites is 2. The molecular weight excluding hydrogens is 498 g/mol. The second kappa shape index (κ2) is 10.0. The lowest BCUT2D eigenvalue weighted by atomic mass is 10.1. The van der Waals surface area contributed by atoms with E-state index in [-0.39, 0.29) is 5.56 Å². The summed E-state index contributed by atoms with van der Waals surface area (Å²) in [7, 11) is 0. The Morgan fingerprint density at radius 1 is 0.775 bits per heavy atom. The molecule has 0 radical (unpaired) electrons. The van der Waals surface area contributed by atoms with Gasteiger partial charge in [-0.2, -0.15) is 9.78 Å². The first-order valence-corrected chi connectivity index (χ1v) is 13.0. The summed E-state index contributed by atoms with van der Waals surface area (Å²) in [5.41, 5.74) is 2.97. The summed E-state index contributed by atoms with van der Waals surface area (Å²) in [5, 5.41) is 8.33. The molecule has 192 valence electrons. The van der Waals surface area contributed by atoms with Crippen LogP contribution in [0.15, 0.2) is 136 Å². The molecule has 0 saturated carbocycles. The first kappa shape index (κ1) is 23.6. The van der Waals surface area contributed by atoms with E-state index in [9.17, 15) is 4.79 Å². The number of hydrogen-bond acceptors (Lipinski definition) is 5. The Bertz CT molecular complexity index is 2050. The molecule has 2 aromatic heterocycles. The third-order valence-corrected chi connectivity index (χ3v) is 6.88. The van der Waals surface area contributed by atoms with Crippen molar-refractivity contribution in [2.24, 2.45) is 5.10 Å². The van der Waals surface area contributed by atoms with Crippen molar-refractivity contribution in [1.29, 1.82) is 0 Å². The lowest BCUT2D eigenvalue weighted by Gasteiger charge is -2.09. The third-order valence-electron chi connectivity index (χ3n) is 6.88. The van der Waals surface area contributed by atoms with Gasteiger partial charge < -0.3 is 9.15 Å². The Hall–Kier alpha value is -5.49. The van der Waals surface area contributed by atoms with Crippen LogP contribution in [0, 0.1) is 0 Å². The van der Waals surface area contributed by atoms with Crippen molar-refractivity contribution in [2.75, 3.05) is 0 Å². The van der Waals surface area contributed by atoms with Gasteiger partial charge in [-0.05, 0) is 70.4 Å². The van der Waals surface area contributed by atoms with Gasteiger partial charge in [0.1, 0.15) is 17.9 Å². The smallest absolute Gasteiger partial charge is 0.282 e. The van der Waals surface area contributed by atoms with Crippen LogP contribution in [0.5, 0.6) is 5.75 Å². The van der Waals surface area contributed by atoms with Crippen LogP contribution in [0.3, 0.4) is 0 Å². The SMILES string of the molecule is O=c1c2ccccc2nc(-c2cc3ccccc3o2)n1N=Cc1ccc(OCc2cccc3ccccc23)cc1. The monoisotopic (exact) mass is 521 g/mol. The van der Waals surface area contributed by atoms with Gasteiger partial charge in [0.15, 0.2) is 5.76 Å². The molecule has 0 atom stereocenters. The van der Waals surface area contributed by atoms with Gasteiger partial charge in [0.25, 0.3) is 5.56 Å². The Morgan fingerprint density at radius 2 is 1.50 bits per heavy atom. The van der Waals surface area contributed by atoms with Crippen molar-refractivity contribution < 1.29 is 9.15 Å². The van der Waals surface area contributed by atoms with Gasteiger partial charge in [0, 0.05) is 5.39 Å². The van der Waals surface area contributed by atoms with Crippen LogP contribution in [0.1, 0.15) is 11.1 Å². The molecule has 5 aromatic carbocycles. The number of furan rings is 1. The Labute approximate surface area is 229 Å². The van der Waals surface area contributed by atoms with Crippen molar-refractivity contribution in [3.05, 3.63) is 143 Å². The van der Waals surface area contributed by atoms with Crippen molar-refractivity contribution in [2.45, 2.75) is 6.61 Å². The van der Waals surface area contributed by atoms with Gasteiger partial charge >= 0.3 is 0 Å². The number of aromatic nitrogens is 2. The summed E-state index contributed by atoms with van der Waals surface area (Å²) < 4.78 is 13.4. The molecular formula is C34H23N3O3. The van der Waals surface area contributed by atoms with Crippen molar-refractivity contribution in [1.82, 2.24) is 9.66 Å². The van der Waals surface area contributed by atoms with E-state index >= 15 is 0 Å². The first-order valence-electron chi connectivity index (χ1n) is 13.0. The van der Waals surface area contributed by atoms with Crippen LogP contribution in [0.2, 0.25) is 0 Å². The van der Waals surface area contributed by atoms with E-state index in [1.807, 2.05) is 91.0 Å². The van der Waals surface area contributed by atoms with Crippen molar-refractivity contribution >= 4 is 38.9 Å². The highest BCUT2D eigenvalue weighted by Crippen LogP contribution is 2.27. The van der Waals surface area contributed by atoms with Crippen molar-refractivity contribution in [3.8, 4) is 17.3 Å². The van der Waals surface area contributed by atoms with Gasteiger partial charge in [-0.25, -0.2) is 4.98 Å². The fraction of sp³-hybridized carbons (Fsp3) is 0.0294. The predicted octanol–water partition coefficient (Wildman–Crippen LogP) is 7.42. The molecule has 2 heterocycles. The average Bonchev–Trinajstić information content (AvgIpc) is 3.44. The second-order valence-electron chi connectivity index (χ2n) is 9.46. The normalized spacial score (nSPS) is 11.6. The Balaban J connectivity index is 1.19. The zero-order valence-corrected chi connectivity index (χ0v) is 21.4. The van der Waals surface area contributed by atoms with Gasteiger partial charge in [0.05, 0.1) is 17.1 Å². The summed E-state index contributed by atoms with van der Waals surface area (Å²) in [6.07, 6.45) is 1.64. The number of hydrogen-bond donors (Lipinski definition) is 0. The second-order valence-corrected chi connectivity index (χ2v) is 9.46. The molecule has 0 bridgehead atoms. The largest absolute Gasteiger partial charge is 0.489 e. The maximum absolute atomic E-state index is 13.5. The summed E-state index contributed by atoms with van der Waals surface area (Å²) >= 11 is 0. The van der Waals surface area contributed by atoms with E-state index in [4.69, 9.17) is 14.1 Å². The molecule has 0 saturated heterocycles. The lowest BCUT2D eigenvalue weighted by Crippen LogP contribution is -2.20. The summed E-state index contributed by atoms with van der Waals surface area (Å²) in [6.45, 7) is 0.466. The molecule has 0 aliphatic heterocycles. The maximum Gasteiger partial charge on any atom is 0.282 e. The van der Waals surface area contributed by atoms with Crippen LogP contribution in [-0.4, -0.2) is 15.9 Å². The molecule has 0 fully saturated rings. The number of benzene rings is 5. The van der Waals surface area contributed by atoms with E-state index < -0.39 is 0 Å². The average molecular weight is 522 g/mol. The molecule has 6 heteroatoms. The molecule has 0 unspecified atom stereocenters. The van der Waals surface area contributed by atoms with Crippen LogP contribution >= 0.6 is 0 Å². The number of rotatable bonds is 6. The summed E-state index contributed by atoms with van der Waals surface area (Å²) in [6, 6.07) is 38.9. The molecule has 0 N–H and O–H groups in total. The van der Waals surface area contributed by atoms with Crippen LogP contribution in [-0.2, 0) is 6.61 Å². The van der Waals surface area contributed by atoms with E-state index in [0.717, 1.165) is 27.8 Å². The van der Waals surface area contributed by atoms with E-state index in [2.05, 4.69) is 29.4 Å². The predicted molar refractivity (Wildman–Crippen MR) is 159 cm³/mol. The van der Waals surface area contributed by atoms with Gasteiger partial charge in [-0.1, -0.05) is 72.8 Å². The zero-order valence-electron chi connectivity index (χ0n) is 21.4. The van der Waals surface area contributed by atoms with Crippen LogP contribution in [0.4, 0.5) is 0 Å². The molecule has 7 aromatic rings. The third kappa shape index (κ3) is 4.41. The minimum Gasteiger partial charge on any atom is -0.489 e. The minimum atomic E-state index is -0.271. The molecule has 6 nitrogen and oxygen atoms in total. The number of nitrogens with zero attached hydrogens (tertiary/aromatic N) is 3. The fourth-order valence-electron chi connectivity index (χ4n) is 4.84. The quantitative estimate of drug-likeness (QED) is 0.214. The van der Waals surface area contributed by atoms with E-state index in [1.54, 1.807) is 12.3 Å². The summed E-state index contributed by atoms with van der Waals surface area (Å²) in [5.74, 6) is 1.56. The molecule has 0 aliphatic carbocycles. The summed E-state index contributed by atoms with van der Waals surface area (Å²) in [4.78, 5) is 18.2. The van der Waals surface area contributed by atoms with E-state index in [1.165, 1.54) is 15.4 Å². The molecule has 0 amide bonds. The minimum absolute atomic E-state index is 0.271. The lowest BCUT2D eigenvalue weighted by molar-refractivity contribution is 0.307. The Kier molecular flexibility index (Phi) is 5.90. The Morgan fingerprint density at radius 3 is 2.35 bits per heavy atom. The molecule has 0 aliphatic rings. The van der Waals surface area contributed by atoms with Gasteiger partial charge in [0.2, 0.25) is 5.82 Å². The van der Waals surface area contributed by atoms with Gasteiger partial charge in [-0.3, -0.25) is 4.79 Å². The highest BCUT2D eigenvalue weighted by molar-refractivity contribution is 5.86. The highest BCUT2D eigenvalue weighted by Gasteiger charge is 2.16. The molecule has 0 spiro atoms. The van der Waals surface area contributed by atoms with Gasteiger partial charge in [-0.15, -0.1) is 0 Å². The zero-order chi connectivity index (χ0) is 26.9. The highest BCUT2D eigenvalue weighted by atomic mass is 16.5. The van der Waals surface area contributed by atoms with Crippen LogP contribution in [0.25, 0.3) is 44.2 Å². The topological polar surface area (TPSA) is 69.6 Å². The van der Waals surface area contributed by atoms with Crippen LogP contribution < -0.4 is 10.3 Å². The number of fused-ring (bicyclic) bond motifs is 3. The van der Waals surface area contributed by atoms with Crippen molar-refractivity contribution in [3.63, 3.8) is 0 Å². The fourth-order valence-corrected chi connectivity index (χ4v) is 4.84. The molecule has 40 heavy (non-hydrogen) atoms.